The topological polar surface area (TPSA) is 61.9 Å². The Kier molecular flexibility index (Phi) is 4.38. The van der Waals surface area contributed by atoms with Crippen molar-refractivity contribution in [2.75, 3.05) is 31.6 Å². The summed E-state index contributed by atoms with van der Waals surface area (Å²) in [6, 6.07) is 7.11. The third kappa shape index (κ3) is 3.27. The van der Waals surface area contributed by atoms with E-state index in [1.165, 1.54) is 0 Å². The van der Waals surface area contributed by atoms with E-state index in [2.05, 4.69) is 5.32 Å². The monoisotopic (exact) mass is 323 g/mol. The van der Waals surface area contributed by atoms with Crippen LogP contribution in [0.4, 0.5) is 15.3 Å². The van der Waals surface area contributed by atoms with Gasteiger partial charge >= 0.3 is 12.1 Å². The van der Waals surface area contributed by atoms with Crippen molar-refractivity contribution in [3.8, 4) is 0 Å². The fourth-order valence-corrected chi connectivity index (χ4v) is 3.08. The highest BCUT2D eigenvalue weighted by molar-refractivity contribution is 6.30. The number of halogens is 1. The summed E-state index contributed by atoms with van der Waals surface area (Å²) in [7, 11) is 0. The van der Waals surface area contributed by atoms with E-state index in [9.17, 15) is 9.59 Å². The molecule has 2 aliphatic rings. The molecule has 2 heterocycles. The number of likely N-dealkylation sites (tertiary alicyclic amines) is 1. The van der Waals surface area contributed by atoms with Gasteiger partial charge in [0, 0.05) is 29.8 Å². The van der Waals surface area contributed by atoms with Gasteiger partial charge in [0.05, 0.1) is 6.54 Å². The molecule has 0 aliphatic carbocycles. The summed E-state index contributed by atoms with van der Waals surface area (Å²) in [5, 5.41) is 3.43. The Hall–Kier alpha value is -1.95. The summed E-state index contributed by atoms with van der Waals surface area (Å²) < 4.78 is 4.96. The number of piperidine rings is 1. The van der Waals surface area contributed by atoms with Crippen LogP contribution in [0.15, 0.2) is 24.3 Å². The summed E-state index contributed by atoms with van der Waals surface area (Å²) in [4.78, 5) is 27.3. The molecule has 2 saturated heterocycles. The van der Waals surface area contributed by atoms with Crippen molar-refractivity contribution in [1.82, 2.24) is 9.80 Å². The summed E-state index contributed by atoms with van der Waals surface area (Å²) >= 11 is 5.91. The van der Waals surface area contributed by atoms with E-state index in [0.717, 1.165) is 12.8 Å². The molecular formula is C15H18ClN3O3. The van der Waals surface area contributed by atoms with Gasteiger partial charge in [0.25, 0.3) is 0 Å². The molecule has 6 nitrogen and oxygen atoms in total. The molecule has 1 aromatic rings. The van der Waals surface area contributed by atoms with Crippen molar-refractivity contribution >= 4 is 29.4 Å². The van der Waals surface area contributed by atoms with E-state index in [4.69, 9.17) is 16.3 Å². The van der Waals surface area contributed by atoms with Crippen LogP contribution in [0.25, 0.3) is 0 Å². The lowest BCUT2D eigenvalue weighted by molar-refractivity contribution is 0.125. The fraction of sp³-hybridized carbons (Fsp3) is 0.467. The summed E-state index contributed by atoms with van der Waals surface area (Å²) in [6.45, 7) is 2.37. The molecule has 1 aromatic carbocycles. The number of benzene rings is 1. The first-order chi connectivity index (χ1) is 10.6. The van der Waals surface area contributed by atoms with E-state index in [0.29, 0.717) is 37.0 Å². The number of nitrogens with zero attached hydrogens (tertiary/aromatic N) is 2. The minimum Gasteiger partial charge on any atom is -0.448 e. The molecule has 0 radical (unpaired) electrons. The molecule has 0 atom stereocenters. The average Bonchev–Trinajstić information content (AvgIpc) is 2.93. The van der Waals surface area contributed by atoms with Crippen molar-refractivity contribution < 1.29 is 14.3 Å². The first kappa shape index (κ1) is 15.0. The van der Waals surface area contributed by atoms with E-state index in [1.807, 2.05) is 0 Å². The second-order valence-electron chi connectivity index (χ2n) is 5.47. The van der Waals surface area contributed by atoms with Crippen molar-refractivity contribution in [1.29, 1.82) is 0 Å². The zero-order chi connectivity index (χ0) is 15.5. The third-order valence-electron chi connectivity index (χ3n) is 4.06. The normalized spacial score (nSPS) is 19.2. The minimum atomic E-state index is -0.234. The van der Waals surface area contributed by atoms with E-state index < -0.39 is 0 Å². The second-order valence-corrected chi connectivity index (χ2v) is 5.90. The molecule has 3 amide bonds. The molecule has 2 fully saturated rings. The minimum absolute atomic E-state index is 0.135. The summed E-state index contributed by atoms with van der Waals surface area (Å²) in [6.07, 6.45) is 1.32. The number of carbonyl (C=O) groups is 2. The van der Waals surface area contributed by atoms with Gasteiger partial charge in [0.2, 0.25) is 0 Å². The Morgan fingerprint density at radius 1 is 1.27 bits per heavy atom. The van der Waals surface area contributed by atoms with Gasteiger partial charge in [-0.05, 0) is 31.0 Å². The van der Waals surface area contributed by atoms with Crippen molar-refractivity contribution in [2.24, 2.45) is 0 Å². The zero-order valence-electron chi connectivity index (χ0n) is 12.1. The SMILES string of the molecule is O=C(Nc1cccc(Cl)c1)N1CCC(N2CCOC2=O)CC1. The lowest BCUT2D eigenvalue weighted by Gasteiger charge is -2.35. The Labute approximate surface area is 134 Å². The van der Waals surface area contributed by atoms with Gasteiger partial charge in [-0.15, -0.1) is 0 Å². The van der Waals surface area contributed by atoms with Crippen molar-refractivity contribution in [3.63, 3.8) is 0 Å². The third-order valence-corrected chi connectivity index (χ3v) is 4.30. The molecule has 0 spiro atoms. The number of hydrogen-bond donors (Lipinski definition) is 1. The van der Waals surface area contributed by atoms with Crippen LogP contribution < -0.4 is 5.32 Å². The highest BCUT2D eigenvalue weighted by atomic mass is 35.5. The number of cyclic esters (lactones) is 1. The molecule has 0 aromatic heterocycles. The summed E-state index contributed by atoms with van der Waals surface area (Å²) in [5.74, 6) is 0. The molecule has 3 rings (SSSR count). The number of anilines is 1. The molecule has 22 heavy (non-hydrogen) atoms. The number of urea groups is 1. The summed E-state index contributed by atoms with van der Waals surface area (Å²) in [5.41, 5.74) is 0.683. The molecule has 1 N–H and O–H groups in total. The molecular weight excluding hydrogens is 306 g/mol. The predicted molar refractivity (Wildman–Crippen MR) is 83.1 cm³/mol. The van der Waals surface area contributed by atoms with Crippen LogP contribution in [0.1, 0.15) is 12.8 Å². The van der Waals surface area contributed by atoms with Crippen LogP contribution in [0.5, 0.6) is 0 Å². The lowest BCUT2D eigenvalue weighted by Crippen LogP contribution is -2.48. The van der Waals surface area contributed by atoms with Gasteiger partial charge < -0.3 is 19.9 Å². The number of hydrogen-bond acceptors (Lipinski definition) is 3. The lowest BCUT2D eigenvalue weighted by atomic mass is 10.0. The standard InChI is InChI=1S/C15H18ClN3O3/c16-11-2-1-3-12(10-11)17-14(20)18-6-4-13(5-7-18)19-8-9-22-15(19)21/h1-3,10,13H,4-9H2,(H,17,20). The maximum atomic E-state index is 12.2. The Balaban J connectivity index is 1.52. The van der Waals surface area contributed by atoms with Crippen LogP contribution >= 0.6 is 11.6 Å². The van der Waals surface area contributed by atoms with Crippen LogP contribution in [0, 0.1) is 0 Å². The van der Waals surface area contributed by atoms with Gasteiger partial charge in [-0.3, -0.25) is 0 Å². The van der Waals surface area contributed by atoms with E-state index >= 15 is 0 Å². The Bertz CT molecular complexity index is 573. The number of nitrogens with one attached hydrogen (secondary N) is 1. The first-order valence-corrected chi connectivity index (χ1v) is 7.76. The molecule has 118 valence electrons. The molecule has 0 unspecified atom stereocenters. The number of carbonyl (C=O) groups excluding carboxylic acids is 2. The highest BCUT2D eigenvalue weighted by Crippen LogP contribution is 2.21. The molecule has 0 saturated carbocycles. The van der Waals surface area contributed by atoms with Crippen LogP contribution in [-0.2, 0) is 4.74 Å². The zero-order valence-corrected chi connectivity index (χ0v) is 12.9. The Morgan fingerprint density at radius 3 is 2.68 bits per heavy atom. The maximum Gasteiger partial charge on any atom is 0.410 e. The van der Waals surface area contributed by atoms with Gasteiger partial charge in [-0.25, -0.2) is 9.59 Å². The molecule has 7 heteroatoms. The predicted octanol–water partition coefficient (Wildman–Crippen LogP) is 2.79. The number of rotatable bonds is 2. The van der Waals surface area contributed by atoms with Gasteiger partial charge in [0.1, 0.15) is 6.61 Å². The van der Waals surface area contributed by atoms with Crippen molar-refractivity contribution in [3.05, 3.63) is 29.3 Å². The number of ether oxygens (including phenoxy) is 1. The van der Waals surface area contributed by atoms with Gasteiger partial charge in [-0.2, -0.15) is 0 Å². The van der Waals surface area contributed by atoms with E-state index in [-0.39, 0.29) is 18.2 Å². The molecule has 0 bridgehead atoms. The largest absolute Gasteiger partial charge is 0.448 e. The maximum absolute atomic E-state index is 12.2. The van der Waals surface area contributed by atoms with Crippen molar-refractivity contribution in [2.45, 2.75) is 18.9 Å². The van der Waals surface area contributed by atoms with Crippen LogP contribution in [0.3, 0.4) is 0 Å². The highest BCUT2D eigenvalue weighted by Gasteiger charge is 2.33. The smallest absolute Gasteiger partial charge is 0.410 e. The van der Waals surface area contributed by atoms with Gasteiger partial charge in [-0.1, -0.05) is 17.7 Å². The van der Waals surface area contributed by atoms with Crippen LogP contribution in [-0.4, -0.2) is 54.2 Å². The average molecular weight is 324 g/mol. The fourth-order valence-electron chi connectivity index (χ4n) is 2.89. The van der Waals surface area contributed by atoms with Gasteiger partial charge in [0.15, 0.2) is 0 Å². The quantitative estimate of drug-likeness (QED) is 0.910. The second kappa shape index (κ2) is 6.44. The molecule has 2 aliphatic heterocycles. The number of amides is 3. The first-order valence-electron chi connectivity index (χ1n) is 7.38. The Morgan fingerprint density at radius 2 is 2.05 bits per heavy atom. The van der Waals surface area contributed by atoms with E-state index in [1.54, 1.807) is 34.1 Å². The van der Waals surface area contributed by atoms with Crippen LogP contribution in [0.2, 0.25) is 5.02 Å².